The van der Waals surface area contributed by atoms with Gasteiger partial charge in [0.1, 0.15) is 4.90 Å². The number of hydrazine groups is 1. The van der Waals surface area contributed by atoms with Crippen LogP contribution in [0.5, 0.6) is 0 Å². The van der Waals surface area contributed by atoms with E-state index < -0.39 is 10.0 Å². The summed E-state index contributed by atoms with van der Waals surface area (Å²) in [5.74, 6) is 5.94. The van der Waals surface area contributed by atoms with Crippen molar-refractivity contribution < 1.29 is 8.42 Å². The van der Waals surface area contributed by atoms with Gasteiger partial charge in [-0.3, -0.25) is 10.8 Å². The van der Waals surface area contributed by atoms with E-state index in [4.69, 9.17) is 5.84 Å². The highest BCUT2D eigenvalue weighted by molar-refractivity contribution is 7.89. The van der Waals surface area contributed by atoms with Gasteiger partial charge in [0.2, 0.25) is 10.0 Å². The fraction of sp³-hybridized carbons (Fsp3) is 0.643. The van der Waals surface area contributed by atoms with Crippen molar-refractivity contribution in [2.75, 3.05) is 18.5 Å². The molecule has 0 spiro atoms. The summed E-state index contributed by atoms with van der Waals surface area (Å²) in [5.41, 5.74) is 3.02. The molecule has 1 fully saturated rings. The molecule has 0 bridgehead atoms. The molecule has 118 valence electrons. The number of nitrogen functional groups attached to an aromatic ring is 1. The van der Waals surface area contributed by atoms with E-state index in [-0.39, 0.29) is 10.3 Å². The third-order valence-corrected chi connectivity index (χ3v) is 6.16. The monoisotopic (exact) mass is 312 g/mol. The van der Waals surface area contributed by atoms with E-state index in [2.05, 4.69) is 31.2 Å². The standard InChI is InChI=1S/C14H24N4O2S/c1-14(2,3)11-5-8-18(9-6-11)21(19,20)13-10-16-7-4-12(13)17-15/h4,7,10-11H,5-6,8-9,15H2,1-3H3,(H,16,17). The number of anilines is 1. The number of hydrogen-bond acceptors (Lipinski definition) is 5. The van der Waals surface area contributed by atoms with Crippen LogP contribution in [0.3, 0.4) is 0 Å². The summed E-state index contributed by atoms with van der Waals surface area (Å²) in [6, 6.07) is 1.56. The first-order valence-corrected chi connectivity index (χ1v) is 8.61. The van der Waals surface area contributed by atoms with Crippen LogP contribution in [0.25, 0.3) is 0 Å². The maximum absolute atomic E-state index is 12.7. The first kappa shape index (κ1) is 16.2. The van der Waals surface area contributed by atoms with Crippen LogP contribution < -0.4 is 11.3 Å². The zero-order chi connectivity index (χ0) is 15.7. The van der Waals surface area contributed by atoms with Crippen LogP contribution in [0.4, 0.5) is 5.69 Å². The van der Waals surface area contributed by atoms with Crippen LogP contribution in [0, 0.1) is 11.3 Å². The van der Waals surface area contributed by atoms with Gasteiger partial charge in [0.15, 0.2) is 0 Å². The molecule has 7 heteroatoms. The second kappa shape index (κ2) is 5.90. The molecule has 2 heterocycles. The predicted octanol–water partition coefficient (Wildman–Crippen LogP) is 1.81. The van der Waals surface area contributed by atoms with Gasteiger partial charge in [0.25, 0.3) is 0 Å². The van der Waals surface area contributed by atoms with Crippen molar-refractivity contribution in [1.29, 1.82) is 0 Å². The number of piperidine rings is 1. The Labute approximate surface area is 126 Å². The Morgan fingerprint density at radius 2 is 1.95 bits per heavy atom. The molecule has 21 heavy (non-hydrogen) atoms. The lowest BCUT2D eigenvalue weighted by Crippen LogP contribution is -2.41. The van der Waals surface area contributed by atoms with Crippen molar-refractivity contribution in [3.63, 3.8) is 0 Å². The molecule has 1 aromatic heterocycles. The van der Waals surface area contributed by atoms with Crippen molar-refractivity contribution in [3.05, 3.63) is 18.5 Å². The Hall–Kier alpha value is -1.18. The van der Waals surface area contributed by atoms with Gasteiger partial charge in [0, 0.05) is 25.5 Å². The second-order valence-corrected chi connectivity index (χ2v) is 8.47. The average Bonchev–Trinajstić information content (AvgIpc) is 2.46. The third-order valence-electron chi connectivity index (χ3n) is 4.24. The van der Waals surface area contributed by atoms with Gasteiger partial charge >= 0.3 is 0 Å². The van der Waals surface area contributed by atoms with E-state index in [9.17, 15) is 8.42 Å². The Balaban J connectivity index is 2.19. The summed E-state index contributed by atoms with van der Waals surface area (Å²) < 4.78 is 27.0. The van der Waals surface area contributed by atoms with Gasteiger partial charge < -0.3 is 5.43 Å². The fourth-order valence-corrected chi connectivity index (χ4v) is 4.37. The number of sulfonamides is 1. The molecule has 0 saturated carbocycles. The minimum atomic E-state index is -3.55. The second-order valence-electron chi connectivity index (χ2n) is 6.56. The van der Waals surface area contributed by atoms with Crippen LogP contribution in [0.15, 0.2) is 23.4 Å². The van der Waals surface area contributed by atoms with E-state index >= 15 is 0 Å². The maximum Gasteiger partial charge on any atom is 0.246 e. The Morgan fingerprint density at radius 3 is 2.48 bits per heavy atom. The quantitative estimate of drug-likeness (QED) is 0.656. The molecule has 0 amide bonds. The molecule has 0 aromatic carbocycles. The molecular weight excluding hydrogens is 288 g/mol. The van der Waals surface area contributed by atoms with E-state index in [1.54, 1.807) is 6.07 Å². The third kappa shape index (κ3) is 3.36. The molecule has 0 unspecified atom stereocenters. The van der Waals surface area contributed by atoms with Gasteiger partial charge in [-0.25, -0.2) is 8.42 Å². The van der Waals surface area contributed by atoms with Gasteiger partial charge in [0.05, 0.1) is 5.69 Å². The highest BCUT2D eigenvalue weighted by Crippen LogP contribution is 2.36. The predicted molar refractivity (Wildman–Crippen MR) is 83.0 cm³/mol. The zero-order valence-corrected chi connectivity index (χ0v) is 13.7. The molecule has 0 atom stereocenters. The van der Waals surface area contributed by atoms with Gasteiger partial charge in [-0.1, -0.05) is 20.8 Å². The van der Waals surface area contributed by atoms with Crippen LogP contribution in [-0.4, -0.2) is 30.8 Å². The van der Waals surface area contributed by atoms with Crippen molar-refractivity contribution in [2.45, 2.75) is 38.5 Å². The lowest BCUT2D eigenvalue weighted by molar-refractivity contribution is 0.154. The molecule has 0 radical (unpaired) electrons. The molecule has 1 saturated heterocycles. The molecule has 1 aromatic rings. The van der Waals surface area contributed by atoms with Crippen molar-refractivity contribution >= 4 is 15.7 Å². The number of nitrogens with two attached hydrogens (primary N) is 1. The summed E-state index contributed by atoms with van der Waals surface area (Å²) in [6.45, 7) is 7.71. The zero-order valence-electron chi connectivity index (χ0n) is 12.8. The van der Waals surface area contributed by atoms with Crippen molar-refractivity contribution in [1.82, 2.24) is 9.29 Å². The maximum atomic E-state index is 12.7. The van der Waals surface area contributed by atoms with Crippen LogP contribution in [-0.2, 0) is 10.0 Å². The normalized spacial score (nSPS) is 18.7. The first-order valence-electron chi connectivity index (χ1n) is 7.17. The van der Waals surface area contributed by atoms with Crippen LogP contribution in [0.1, 0.15) is 33.6 Å². The van der Waals surface area contributed by atoms with Crippen LogP contribution in [0.2, 0.25) is 0 Å². The SMILES string of the molecule is CC(C)(C)C1CCN(S(=O)(=O)c2cnccc2NN)CC1. The average molecular weight is 312 g/mol. The van der Waals surface area contributed by atoms with Crippen molar-refractivity contribution in [3.8, 4) is 0 Å². The van der Waals surface area contributed by atoms with Crippen LogP contribution >= 0.6 is 0 Å². The lowest BCUT2D eigenvalue weighted by atomic mass is 9.76. The lowest BCUT2D eigenvalue weighted by Gasteiger charge is -2.38. The molecule has 0 aliphatic carbocycles. The summed E-state index contributed by atoms with van der Waals surface area (Å²) in [7, 11) is -3.55. The van der Waals surface area contributed by atoms with E-state index in [0.29, 0.717) is 24.7 Å². The Kier molecular flexibility index (Phi) is 4.55. The first-order chi connectivity index (χ1) is 9.76. The minimum absolute atomic E-state index is 0.140. The molecule has 1 aliphatic rings. The summed E-state index contributed by atoms with van der Waals surface area (Å²) >= 11 is 0. The van der Waals surface area contributed by atoms with Gasteiger partial charge in [-0.2, -0.15) is 4.31 Å². The fourth-order valence-electron chi connectivity index (χ4n) is 2.81. The highest BCUT2D eigenvalue weighted by Gasteiger charge is 2.34. The van der Waals surface area contributed by atoms with E-state index in [1.807, 2.05) is 0 Å². The van der Waals surface area contributed by atoms with Gasteiger partial charge in [-0.15, -0.1) is 0 Å². The molecule has 2 rings (SSSR count). The summed E-state index contributed by atoms with van der Waals surface area (Å²) in [4.78, 5) is 4.05. The van der Waals surface area contributed by atoms with Gasteiger partial charge in [-0.05, 0) is 30.2 Å². The van der Waals surface area contributed by atoms with E-state index in [0.717, 1.165) is 12.8 Å². The number of nitrogens with zero attached hydrogens (tertiary/aromatic N) is 2. The molecule has 1 aliphatic heterocycles. The summed E-state index contributed by atoms with van der Waals surface area (Å²) in [6.07, 6.45) is 4.63. The summed E-state index contributed by atoms with van der Waals surface area (Å²) in [5, 5.41) is 0. The molecule has 3 N–H and O–H groups in total. The van der Waals surface area contributed by atoms with E-state index in [1.165, 1.54) is 16.7 Å². The number of aromatic nitrogens is 1. The Bertz CT molecular complexity index is 587. The Morgan fingerprint density at radius 1 is 1.33 bits per heavy atom. The molecule has 6 nitrogen and oxygen atoms in total. The largest absolute Gasteiger partial charge is 0.323 e. The number of pyridine rings is 1. The minimum Gasteiger partial charge on any atom is -0.323 e. The number of nitrogens with one attached hydrogen (secondary N) is 1. The topological polar surface area (TPSA) is 88.3 Å². The number of rotatable bonds is 3. The molecular formula is C14H24N4O2S. The van der Waals surface area contributed by atoms with Crippen molar-refractivity contribution in [2.24, 2.45) is 17.2 Å². The smallest absolute Gasteiger partial charge is 0.246 e. The number of hydrogen-bond donors (Lipinski definition) is 2. The highest BCUT2D eigenvalue weighted by atomic mass is 32.2.